The molecular weight excluding hydrogens is 331 g/mol. The molecule has 0 aliphatic carbocycles. The van der Waals surface area contributed by atoms with Crippen LogP contribution in [0.1, 0.15) is 22.4 Å². The summed E-state index contributed by atoms with van der Waals surface area (Å²) >= 11 is 0. The van der Waals surface area contributed by atoms with E-state index >= 15 is 0 Å². The van der Waals surface area contributed by atoms with E-state index in [0.717, 1.165) is 0 Å². The fourth-order valence-electron chi connectivity index (χ4n) is 2.22. The first-order valence-corrected chi connectivity index (χ1v) is 8.06. The Morgan fingerprint density at radius 2 is 1.52 bits per heavy atom. The highest BCUT2D eigenvalue weighted by molar-refractivity contribution is 7.86. The first kappa shape index (κ1) is 19.4. The van der Waals surface area contributed by atoms with Crippen molar-refractivity contribution < 1.29 is 30.7 Å². The minimum atomic E-state index is -6.09. The standard InChI is InChI=1S/C14H18N.CHF3O3S/c1-9-6-7-13-10(2)8-11(3)15(5)14(13)12(9)4;2-1(3,4)8(5,6)7/h6-8H,1-5H3;(H,5,6,7)/q+1;/p-1. The third kappa shape index (κ3) is 4.20. The third-order valence-electron chi connectivity index (χ3n) is 3.70. The van der Waals surface area contributed by atoms with E-state index in [1.165, 1.54) is 33.3 Å². The fourth-order valence-corrected chi connectivity index (χ4v) is 2.22. The SMILES string of the molecule is Cc1ccc2c(C)cc(C)[n+](C)c2c1C.O=S(=O)([O-])C(F)(F)F. The molecule has 0 atom stereocenters. The molecule has 0 saturated carbocycles. The van der Waals surface area contributed by atoms with Gasteiger partial charge in [0.1, 0.15) is 7.05 Å². The van der Waals surface area contributed by atoms with Gasteiger partial charge in [-0.25, -0.2) is 8.42 Å². The zero-order chi connectivity index (χ0) is 18.2. The Balaban J connectivity index is 0.000000284. The van der Waals surface area contributed by atoms with E-state index in [9.17, 15) is 13.2 Å². The Hall–Kier alpha value is -1.67. The number of pyridine rings is 1. The van der Waals surface area contributed by atoms with Gasteiger partial charge in [0, 0.05) is 23.9 Å². The fraction of sp³-hybridized carbons (Fsp3) is 0.400. The molecule has 1 heterocycles. The Bertz CT molecular complexity index is 835. The molecule has 0 aliphatic rings. The molecule has 23 heavy (non-hydrogen) atoms. The van der Waals surface area contributed by atoms with Crippen LogP contribution in [0.2, 0.25) is 0 Å². The molecule has 128 valence electrons. The van der Waals surface area contributed by atoms with Crippen LogP contribution in [0.15, 0.2) is 18.2 Å². The van der Waals surface area contributed by atoms with Crippen LogP contribution in [-0.4, -0.2) is 18.5 Å². The molecule has 1 aromatic carbocycles. The zero-order valence-corrected chi connectivity index (χ0v) is 14.3. The molecule has 4 nitrogen and oxygen atoms in total. The molecule has 0 bridgehead atoms. The maximum Gasteiger partial charge on any atom is 0.485 e. The van der Waals surface area contributed by atoms with Gasteiger partial charge in [-0.1, -0.05) is 6.07 Å². The Kier molecular flexibility index (Phi) is 5.43. The average Bonchev–Trinajstić information content (AvgIpc) is 2.37. The average molecular weight is 349 g/mol. The van der Waals surface area contributed by atoms with Gasteiger partial charge >= 0.3 is 5.51 Å². The van der Waals surface area contributed by atoms with Gasteiger partial charge in [0.2, 0.25) is 5.52 Å². The van der Waals surface area contributed by atoms with Gasteiger partial charge in [-0.05, 0) is 38.0 Å². The van der Waals surface area contributed by atoms with Gasteiger partial charge in [0.15, 0.2) is 15.8 Å². The number of halogens is 3. The third-order valence-corrected chi connectivity index (χ3v) is 4.27. The van der Waals surface area contributed by atoms with E-state index in [4.69, 9.17) is 13.0 Å². The second-order valence-electron chi connectivity index (χ2n) is 5.33. The predicted octanol–water partition coefficient (Wildman–Crippen LogP) is 2.95. The van der Waals surface area contributed by atoms with Gasteiger partial charge in [0.25, 0.3) is 0 Å². The largest absolute Gasteiger partial charge is 0.741 e. The Labute approximate surface area is 133 Å². The van der Waals surface area contributed by atoms with Gasteiger partial charge in [-0.3, -0.25) is 0 Å². The van der Waals surface area contributed by atoms with Crippen LogP contribution >= 0.6 is 0 Å². The summed E-state index contributed by atoms with van der Waals surface area (Å²) in [6, 6.07) is 6.68. The van der Waals surface area contributed by atoms with E-state index in [0.29, 0.717) is 0 Å². The van der Waals surface area contributed by atoms with Crippen molar-refractivity contribution in [1.29, 1.82) is 0 Å². The lowest BCUT2D eigenvalue weighted by atomic mass is 10.0. The summed E-state index contributed by atoms with van der Waals surface area (Å²) in [6.07, 6.45) is 0. The molecule has 0 radical (unpaired) electrons. The number of nitrogens with zero attached hydrogens (tertiary/aromatic N) is 1. The second-order valence-corrected chi connectivity index (χ2v) is 6.70. The lowest BCUT2D eigenvalue weighted by Crippen LogP contribution is -2.33. The highest BCUT2D eigenvalue weighted by Crippen LogP contribution is 2.22. The summed E-state index contributed by atoms with van der Waals surface area (Å²) in [7, 11) is -3.95. The number of aromatic nitrogens is 1. The quantitative estimate of drug-likeness (QED) is 0.417. The second kappa shape index (κ2) is 6.45. The van der Waals surface area contributed by atoms with Crippen molar-refractivity contribution in [3.63, 3.8) is 0 Å². The lowest BCUT2D eigenvalue weighted by molar-refractivity contribution is -0.651. The van der Waals surface area contributed by atoms with Crippen molar-refractivity contribution in [3.8, 4) is 0 Å². The maximum atomic E-state index is 10.7. The minimum Gasteiger partial charge on any atom is -0.741 e. The van der Waals surface area contributed by atoms with Crippen LogP contribution in [0.5, 0.6) is 0 Å². The van der Waals surface area contributed by atoms with Crippen LogP contribution < -0.4 is 4.57 Å². The number of rotatable bonds is 0. The molecule has 8 heteroatoms. The predicted molar refractivity (Wildman–Crippen MR) is 79.8 cm³/mol. The normalized spacial score (nSPS) is 12.0. The van der Waals surface area contributed by atoms with E-state index in [1.807, 2.05) is 0 Å². The number of hydrogen-bond donors (Lipinski definition) is 0. The molecular formula is C15H18F3NO3S. The number of alkyl halides is 3. The highest BCUT2D eigenvalue weighted by Gasteiger charge is 2.36. The van der Waals surface area contributed by atoms with Gasteiger partial charge in [-0.15, -0.1) is 0 Å². The minimum absolute atomic E-state index is 1.31. The summed E-state index contributed by atoms with van der Waals surface area (Å²) in [5, 5.41) is 1.37. The monoisotopic (exact) mass is 349 g/mol. The van der Waals surface area contributed by atoms with Crippen LogP contribution in [0, 0.1) is 27.7 Å². The molecule has 1 aromatic heterocycles. The molecule has 2 aromatic rings. The van der Waals surface area contributed by atoms with Crippen LogP contribution in [0.25, 0.3) is 10.9 Å². The molecule has 0 fully saturated rings. The summed E-state index contributed by atoms with van der Waals surface area (Å²) in [6.45, 7) is 8.72. The van der Waals surface area contributed by atoms with E-state index in [2.05, 4.69) is 57.5 Å². The molecule has 0 saturated heterocycles. The van der Waals surface area contributed by atoms with Crippen molar-refractivity contribution >= 4 is 21.0 Å². The summed E-state index contributed by atoms with van der Waals surface area (Å²) in [5.41, 5.74) is 1.15. The summed E-state index contributed by atoms with van der Waals surface area (Å²) in [4.78, 5) is 0. The Morgan fingerprint density at radius 1 is 1.04 bits per heavy atom. The summed E-state index contributed by atoms with van der Waals surface area (Å²) < 4.78 is 61.2. The van der Waals surface area contributed by atoms with Crippen molar-refractivity contribution in [2.24, 2.45) is 7.05 Å². The first-order chi connectivity index (χ1) is 10.3. The van der Waals surface area contributed by atoms with E-state index < -0.39 is 15.6 Å². The van der Waals surface area contributed by atoms with E-state index in [-0.39, 0.29) is 0 Å². The molecule has 0 unspecified atom stereocenters. The first-order valence-electron chi connectivity index (χ1n) is 6.65. The van der Waals surface area contributed by atoms with Crippen molar-refractivity contribution in [1.82, 2.24) is 0 Å². The number of benzene rings is 1. The highest BCUT2D eigenvalue weighted by atomic mass is 32.2. The maximum absolute atomic E-state index is 10.7. The summed E-state index contributed by atoms with van der Waals surface area (Å²) in [5.74, 6) is 0. The van der Waals surface area contributed by atoms with Gasteiger partial charge in [-0.2, -0.15) is 17.7 Å². The molecule has 0 aliphatic heterocycles. The topological polar surface area (TPSA) is 61.1 Å². The smallest absolute Gasteiger partial charge is 0.485 e. The van der Waals surface area contributed by atoms with Crippen molar-refractivity contribution in [2.45, 2.75) is 33.2 Å². The van der Waals surface area contributed by atoms with Gasteiger partial charge < -0.3 is 4.55 Å². The lowest BCUT2D eigenvalue weighted by Gasteiger charge is -2.08. The van der Waals surface area contributed by atoms with Crippen LogP contribution in [-0.2, 0) is 17.2 Å². The van der Waals surface area contributed by atoms with Crippen molar-refractivity contribution in [3.05, 3.63) is 40.6 Å². The number of aryl methyl sites for hydroxylation is 5. The number of hydrogen-bond acceptors (Lipinski definition) is 3. The molecule has 0 N–H and O–H groups in total. The van der Waals surface area contributed by atoms with Crippen molar-refractivity contribution in [2.75, 3.05) is 0 Å². The van der Waals surface area contributed by atoms with Crippen LogP contribution in [0.4, 0.5) is 13.2 Å². The molecule has 2 rings (SSSR count). The van der Waals surface area contributed by atoms with Crippen LogP contribution in [0.3, 0.4) is 0 Å². The zero-order valence-electron chi connectivity index (χ0n) is 13.4. The van der Waals surface area contributed by atoms with E-state index in [1.54, 1.807) is 0 Å². The Morgan fingerprint density at radius 3 is 1.96 bits per heavy atom. The molecule has 0 spiro atoms. The van der Waals surface area contributed by atoms with Gasteiger partial charge in [0.05, 0.1) is 0 Å². The molecule has 0 amide bonds. The number of fused-ring (bicyclic) bond motifs is 1.